The number of thiophene rings is 1. The molecule has 13 rings (SSSR count). The third-order valence-electron chi connectivity index (χ3n) is 13.6. The van der Waals surface area contributed by atoms with E-state index in [2.05, 4.69) is 254 Å². The second-order valence-electron chi connectivity index (χ2n) is 17.2. The number of hydrogen-bond donors (Lipinski definition) is 0. The highest BCUT2D eigenvalue weighted by molar-refractivity contribution is 7.26. The topological polar surface area (TPSA) is 12.5 Å². The smallest absolute Gasteiger partial charge is 0.188 e. The molecule has 1 aliphatic heterocycles. The lowest BCUT2D eigenvalue weighted by Gasteiger charge is -2.39. The maximum atomic E-state index is 6.64. The fraction of sp³-hybridized carbons (Fsp3) is 0. The molecule has 4 heteroatoms. The van der Waals surface area contributed by atoms with E-state index in [0.29, 0.717) is 0 Å². The van der Waals surface area contributed by atoms with E-state index in [0.717, 1.165) is 28.6 Å². The van der Waals surface area contributed by atoms with Gasteiger partial charge in [0.05, 0.1) is 0 Å². The van der Waals surface area contributed by atoms with Crippen molar-refractivity contribution in [2.75, 3.05) is 4.90 Å². The van der Waals surface area contributed by atoms with Crippen LogP contribution >= 0.6 is 11.3 Å². The van der Waals surface area contributed by atoms with Crippen molar-refractivity contribution in [2.45, 2.75) is 0 Å². The van der Waals surface area contributed by atoms with Crippen LogP contribution in [0.15, 0.2) is 249 Å². The van der Waals surface area contributed by atoms with Crippen LogP contribution < -0.4 is 30.4 Å². The molecule has 0 unspecified atom stereocenters. The third-order valence-corrected chi connectivity index (χ3v) is 19.6. The Morgan fingerprint density at radius 2 is 0.924 bits per heavy atom. The van der Waals surface area contributed by atoms with Crippen molar-refractivity contribution in [3.05, 3.63) is 249 Å². The molecule has 0 saturated heterocycles. The summed E-state index contributed by atoms with van der Waals surface area (Å²) in [7, 11) is -2.79. The summed E-state index contributed by atoms with van der Waals surface area (Å²) < 4.78 is 9.22. The largest absolute Gasteiger partial charge is 0.458 e. The van der Waals surface area contributed by atoms with Crippen molar-refractivity contribution in [3.8, 4) is 33.8 Å². The molecule has 0 bridgehead atoms. The van der Waals surface area contributed by atoms with E-state index in [9.17, 15) is 0 Å². The lowest BCUT2D eigenvalue weighted by Crippen LogP contribution is -2.76. The first kappa shape index (κ1) is 38.4. The van der Waals surface area contributed by atoms with Gasteiger partial charge in [-0.1, -0.05) is 200 Å². The summed E-state index contributed by atoms with van der Waals surface area (Å²) in [5, 5.41) is 12.7. The molecule has 0 atom stereocenters. The molecule has 310 valence electrons. The van der Waals surface area contributed by atoms with Gasteiger partial charge in [-0.2, -0.15) is 0 Å². The molecule has 0 saturated carbocycles. The highest BCUT2D eigenvalue weighted by Crippen LogP contribution is 2.44. The monoisotopic (exact) mass is 875 g/mol. The molecular weight excluding hydrogens is 835 g/mol. The van der Waals surface area contributed by atoms with Crippen molar-refractivity contribution in [2.24, 2.45) is 0 Å². The third kappa shape index (κ3) is 6.14. The zero-order valence-corrected chi connectivity index (χ0v) is 37.8. The fourth-order valence-electron chi connectivity index (χ4n) is 10.6. The minimum Gasteiger partial charge on any atom is -0.458 e. The molecule has 11 aromatic carbocycles. The zero-order valence-electron chi connectivity index (χ0n) is 35.9. The summed E-state index contributed by atoms with van der Waals surface area (Å²) in [5.74, 6) is 1.88. The van der Waals surface area contributed by atoms with E-state index in [-0.39, 0.29) is 0 Å². The van der Waals surface area contributed by atoms with Crippen LogP contribution in [0.4, 0.5) is 17.1 Å². The first-order valence-corrected chi connectivity index (χ1v) is 25.4. The van der Waals surface area contributed by atoms with Gasteiger partial charge in [-0.15, -0.1) is 11.3 Å². The minimum atomic E-state index is -2.79. The number of rotatable bonds is 7. The molecule has 0 amide bonds. The van der Waals surface area contributed by atoms with Crippen LogP contribution in [0.1, 0.15) is 0 Å². The van der Waals surface area contributed by atoms with Crippen LogP contribution in [0.3, 0.4) is 0 Å². The standard InChI is InChI=1S/C62H41NOSSi/c1-3-15-43(16-4-1)54-23-14-24-56-55-38-36-49(41-59(55)65-62(54)56)63(47-33-29-44(30-34-47)53-22-13-18-42-17-7-8-21-52(42)53)48-35-31-46-40-51(37-32-45(46)39-48)66(50-19-5-2-6-20-50)60-27-11-9-25-57(60)64-58-26-10-12-28-61(58)66/h1-41H. The van der Waals surface area contributed by atoms with E-state index in [1.54, 1.807) is 0 Å². The number of nitrogens with zero attached hydrogens (tertiary/aromatic N) is 1. The molecular formula is C62H41NOSSi. The predicted molar refractivity (Wildman–Crippen MR) is 284 cm³/mol. The quantitative estimate of drug-likeness (QED) is 0.148. The molecule has 2 heterocycles. The van der Waals surface area contributed by atoms with Crippen LogP contribution in [0.5, 0.6) is 11.5 Å². The normalized spacial score (nSPS) is 12.8. The Morgan fingerprint density at radius 1 is 0.348 bits per heavy atom. The molecule has 0 fully saturated rings. The Hall–Kier alpha value is -8.02. The first-order valence-electron chi connectivity index (χ1n) is 22.6. The number of benzene rings is 11. The van der Waals surface area contributed by atoms with E-state index >= 15 is 0 Å². The molecule has 12 aromatic rings. The Kier molecular flexibility index (Phi) is 9.09. The molecule has 2 nitrogen and oxygen atoms in total. The van der Waals surface area contributed by atoms with Gasteiger partial charge in [0, 0.05) is 37.2 Å². The average molecular weight is 876 g/mol. The van der Waals surface area contributed by atoms with Gasteiger partial charge in [-0.3, -0.25) is 0 Å². The van der Waals surface area contributed by atoms with Gasteiger partial charge in [0.25, 0.3) is 0 Å². The van der Waals surface area contributed by atoms with Crippen molar-refractivity contribution < 1.29 is 4.74 Å². The summed E-state index contributed by atoms with van der Waals surface area (Å²) in [6.07, 6.45) is 0. The predicted octanol–water partition coefficient (Wildman–Crippen LogP) is 14.6. The number of fused-ring (bicyclic) bond motifs is 7. The van der Waals surface area contributed by atoms with Crippen LogP contribution in [0.2, 0.25) is 0 Å². The van der Waals surface area contributed by atoms with Crippen molar-refractivity contribution in [1.82, 2.24) is 0 Å². The van der Waals surface area contributed by atoms with Crippen LogP contribution in [0, 0.1) is 0 Å². The Morgan fingerprint density at radius 3 is 1.73 bits per heavy atom. The Balaban J connectivity index is 0.973. The van der Waals surface area contributed by atoms with Gasteiger partial charge >= 0.3 is 0 Å². The van der Waals surface area contributed by atoms with Crippen molar-refractivity contribution >= 4 is 98.9 Å². The van der Waals surface area contributed by atoms with Gasteiger partial charge in [0.15, 0.2) is 8.07 Å². The number of hydrogen-bond acceptors (Lipinski definition) is 3. The molecule has 66 heavy (non-hydrogen) atoms. The molecule has 1 aromatic heterocycles. The maximum absolute atomic E-state index is 6.64. The summed E-state index contributed by atoms with van der Waals surface area (Å²) in [6.45, 7) is 0. The van der Waals surface area contributed by atoms with Crippen LogP contribution in [0.25, 0.3) is 64.0 Å². The zero-order chi connectivity index (χ0) is 43.6. The summed E-state index contributed by atoms with van der Waals surface area (Å²) in [4.78, 5) is 2.42. The van der Waals surface area contributed by atoms with Gasteiger partial charge in [-0.25, -0.2) is 0 Å². The lowest BCUT2D eigenvalue weighted by atomic mass is 9.98. The molecule has 0 aliphatic carbocycles. The summed E-state index contributed by atoms with van der Waals surface area (Å²) in [5.41, 5.74) is 8.28. The molecule has 0 N–H and O–H groups in total. The van der Waals surface area contributed by atoms with Gasteiger partial charge in [0.2, 0.25) is 0 Å². The highest BCUT2D eigenvalue weighted by atomic mass is 32.1. The second-order valence-corrected chi connectivity index (χ2v) is 22.0. The fourth-order valence-corrected chi connectivity index (χ4v) is 16.8. The molecule has 1 aliphatic rings. The van der Waals surface area contributed by atoms with Crippen LogP contribution in [-0.2, 0) is 0 Å². The first-order chi connectivity index (χ1) is 32.7. The SMILES string of the molecule is c1ccc(-c2cccc3c2sc2cc(N(c4ccc(-c5cccc6ccccc56)cc4)c4ccc5cc([Si]6(c7ccccc7)c7ccccc7Oc7ccccc76)ccc5c4)ccc23)cc1. The van der Waals surface area contributed by atoms with Crippen LogP contribution in [-0.4, -0.2) is 8.07 Å². The van der Waals surface area contributed by atoms with Gasteiger partial charge in [-0.05, 0) is 113 Å². The maximum Gasteiger partial charge on any atom is 0.188 e. The second kappa shape index (κ2) is 15.6. The summed E-state index contributed by atoms with van der Waals surface area (Å²) >= 11 is 1.88. The van der Waals surface area contributed by atoms with Crippen molar-refractivity contribution in [3.63, 3.8) is 0 Å². The van der Waals surface area contributed by atoms with E-state index < -0.39 is 8.07 Å². The number of para-hydroxylation sites is 2. The van der Waals surface area contributed by atoms with E-state index in [4.69, 9.17) is 4.74 Å². The summed E-state index contributed by atoms with van der Waals surface area (Å²) in [6, 6.07) is 91.4. The molecule has 0 radical (unpaired) electrons. The van der Waals surface area contributed by atoms with Gasteiger partial charge < -0.3 is 9.64 Å². The van der Waals surface area contributed by atoms with E-state index in [1.165, 1.54) is 84.7 Å². The number of anilines is 3. The number of ether oxygens (including phenoxy) is 1. The van der Waals surface area contributed by atoms with E-state index in [1.807, 2.05) is 11.3 Å². The Labute approximate surface area is 388 Å². The Bertz CT molecular complexity index is 3750. The van der Waals surface area contributed by atoms with Gasteiger partial charge in [0.1, 0.15) is 11.5 Å². The molecule has 0 spiro atoms. The highest BCUT2D eigenvalue weighted by Gasteiger charge is 2.47. The lowest BCUT2D eigenvalue weighted by molar-refractivity contribution is 0.487. The van der Waals surface area contributed by atoms with Crippen molar-refractivity contribution in [1.29, 1.82) is 0 Å². The average Bonchev–Trinajstić information content (AvgIpc) is 3.77. The minimum absolute atomic E-state index is 0.941.